The monoisotopic (exact) mass is 571 g/mol. The van der Waals surface area contributed by atoms with Gasteiger partial charge >= 0.3 is 0 Å². The van der Waals surface area contributed by atoms with Crippen molar-refractivity contribution in [1.29, 1.82) is 0 Å². The van der Waals surface area contributed by atoms with Gasteiger partial charge in [0.2, 0.25) is 10.0 Å². The molecule has 4 rings (SSSR count). The van der Waals surface area contributed by atoms with E-state index < -0.39 is 10.0 Å². The maximum Gasteiger partial charge on any atom is 0.242 e. The van der Waals surface area contributed by atoms with Gasteiger partial charge < -0.3 is 4.74 Å². The average molecular weight is 573 g/mol. The Morgan fingerprint density at radius 2 is 1.66 bits per heavy atom. The molecule has 35 heavy (non-hydrogen) atoms. The summed E-state index contributed by atoms with van der Waals surface area (Å²) in [6.45, 7) is 2.48. The number of benzene rings is 3. The summed E-state index contributed by atoms with van der Waals surface area (Å²) >= 11 is 24.6. The Labute approximate surface area is 224 Å². The van der Waals surface area contributed by atoms with Gasteiger partial charge in [-0.15, -0.1) is 0 Å². The van der Waals surface area contributed by atoms with E-state index in [0.29, 0.717) is 34.5 Å². The van der Waals surface area contributed by atoms with Gasteiger partial charge in [-0.25, -0.2) is 13.1 Å². The smallest absolute Gasteiger partial charge is 0.242 e. The van der Waals surface area contributed by atoms with E-state index in [4.69, 9.17) is 56.2 Å². The summed E-state index contributed by atoms with van der Waals surface area (Å²) in [6, 6.07) is 16.9. The number of nitrogens with zero attached hydrogens (tertiary/aromatic N) is 2. The largest absolute Gasteiger partial charge is 0.494 e. The number of rotatable bonds is 8. The molecule has 11 heteroatoms. The third kappa shape index (κ3) is 6.05. The lowest BCUT2D eigenvalue weighted by molar-refractivity contribution is 0.340. The first-order chi connectivity index (χ1) is 16.7. The summed E-state index contributed by atoms with van der Waals surface area (Å²) < 4.78 is 33.9. The van der Waals surface area contributed by atoms with Crippen molar-refractivity contribution in [3.63, 3.8) is 0 Å². The SMILES string of the molecule is CCOc1ccc(C2CC(CNS(=O)(=O)c3cc(Cl)ccc3Cl)=NN2c2ccc(Cl)cc2Cl)cc1. The summed E-state index contributed by atoms with van der Waals surface area (Å²) in [5.74, 6) is 0.762. The van der Waals surface area contributed by atoms with Gasteiger partial charge in [0.1, 0.15) is 10.6 Å². The first-order valence-corrected chi connectivity index (χ1v) is 13.7. The molecule has 0 fully saturated rings. The maximum atomic E-state index is 12.9. The normalized spacial score (nSPS) is 15.9. The van der Waals surface area contributed by atoms with Crippen LogP contribution in [-0.2, 0) is 10.0 Å². The van der Waals surface area contributed by atoms with Gasteiger partial charge in [-0.05, 0) is 61.0 Å². The molecule has 6 nitrogen and oxygen atoms in total. The first kappa shape index (κ1) is 26.1. The molecule has 0 radical (unpaired) electrons. The van der Waals surface area contributed by atoms with Gasteiger partial charge in [0.05, 0.1) is 40.6 Å². The third-order valence-electron chi connectivity index (χ3n) is 5.35. The predicted octanol–water partition coefficient (Wildman–Crippen LogP) is 6.98. The van der Waals surface area contributed by atoms with E-state index in [1.807, 2.05) is 31.2 Å². The molecule has 1 atom stereocenters. The second-order valence-electron chi connectivity index (χ2n) is 7.73. The third-order valence-corrected chi connectivity index (χ3v) is 8.01. The summed E-state index contributed by atoms with van der Waals surface area (Å²) in [6.07, 6.45) is 0.471. The minimum atomic E-state index is -3.92. The second kappa shape index (κ2) is 10.9. The zero-order chi connectivity index (χ0) is 25.2. The number of hydrogen-bond donors (Lipinski definition) is 1. The van der Waals surface area contributed by atoms with Crippen molar-refractivity contribution in [2.24, 2.45) is 5.10 Å². The van der Waals surface area contributed by atoms with Crippen LogP contribution in [0.4, 0.5) is 5.69 Å². The molecular weight excluding hydrogens is 552 g/mol. The predicted molar refractivity (Wildman–Crippen MR) is 143 cm³/mol. The zero-order valence-electron chi connectivity index (χ0n) is 18.5. The highest BCUT2D eigenvalue weighted by Crippen LogP contribution is 2.40. The highest BCUT2D eigenvalue weighted by Gasteiger charge is 2.31. The first-order valence-electron chi connectivity index (χ1n) is 10.7. The summed E-state index contributed by atoms with van der Waals surface area (Å²) in [7, 11) is -3.92. The number of hydrogen-bond acceptors (Lipinski definition) is 5. The quantitative estimate of drug-likeness (QED) is 0.316. The van der Waals surface area contributed by atoms with Gasteiger partial charge in [-0.3, -0.25) is 5.01 Å². The number of anilines is 1. The van der Waals surface area contributed by atoms with Gasteiger partial charge in [0.15, 0.2) is 0 Å². The van der Waals surface area contributed by atoms with Crippen LogP contribution in [-0.4, -0.2) is 27.3 Å². The molecule has 0 saturated heterocycles. The minimum absolute atomic E-state index is 0.0135. The molecule has 1 unspecified atom stereocenters. The van der Waals surface area contributed by atoms with E-state index in [0.717, 1.165) is 11.3 Å². The van der Waals surface area contributed by atoms with Crippen LogP contribution >= 0.6 is 46.4 Å². The Balaban J connectivity index is 1.62. The van der Waals surface area contributed by atoms with Crippen LogP contribution in [0, 0.1) is 0 Å². The molecule has 184 valence electrons. The van der Waals surface area contributed by atoms with Crippen molar-refractivity contribution in [1.82, 2.24) is 4.72 Å². The molecule has 1 N–H and O–H groups in total. The Kier molecular flexibility index (Phi) is 8.16. The summed E-state index contributed by atoms with van der Waals surface area (Å²) in [5, 5.41) is 7.78. The lowest BCUT2D eigenvalue weighted by Crippen LogP contribution is -2.29. The van der Waals surface area contributed by atoms with Crippen LogP contribution in [0.15, 0.2) is 70.7 Å². The Hall–Kier alpha value is -2.00. The molecule has 0 amide bonds. The fourth-order valence-corrected chi connectivity index (χ4v) is 5.99. The molecule has 0 spiro atoms. The molecular formula is C24H21Cl4N3O3S. The van der Waals surface area contributed by atoms with Gasteiger partial charge in [0, 0.05) is 16.5 Å². The van der Waals surface area contributed by atoms with Crippen LogP contribution in [0.1, 0.15) is 24.9 Å². The second-order valence-corrected chi connectivity index (χ2v) is 11.2. The molecule has 0 bridgehead atoms. The van der Waals surface area contributed by atoms with E-state index in [1.165, 1.54) is 18.2 Å². The number of halogens is 4. The van der Waals surface area contributed by atoms with Gasteiger partial charge in [0.25, 0.3) is 0 Å². The molecule has 0 aliphatic carbocycles. The topological polar surface area (TPSA) is 71.0 Å². The van der Waals surface area contributed by atoms with Crippen LogP contribution in [0.3, 0.4) is 0 Å². The molecule has 0 saturated carbocycles. The molecule has 0 aromatic heterocycles. The number of ether oxygens (including phenoxy) is 1. The Bertz CT molecular complexity index is 1360. The fourth-order valence-electron chi connectivity index (χ4n) is 3.72. The number of hydrazone groups is 1. The number of nitrogens with one attached hydrogen (secondary N) is 1. The van der Waals surface area contributed by atoms with Gasteiger partial charge in [-0.1, -0.05) is 58.5 Å². The standard InChI is InChI=1S/C24H21Cl4N3O3S/c1-2-34-19-7-3-15(4-8-19)23-13-18(30-31(23)22-10-6-16(25)11-21(22)28)14-29-35(32,33)24-12-17(26)5-9-20(24)27/h3-12,23,29H,2,13-14H2,1H3. The molecule has 3 aromatic carbocycles. The molecule has 1 heterocycles. The van der Waals surface area contributed by atoms with E-state index in [2.05, 4.69) is 4.72 Å². The lowest BCUT2D eigenvalue weighted by atomic mass is 10.0. The van der Waals surface area contributed by atoms with E-state index in [-0.39, 0.29) is 27.5 Å². The van der Waals surface area contributed by atoms with E-state index >= 15 is 0 Å². The lowest BCUT2D eigenvalue weighted by Gasteiger charge is -2.25. The Morgan fingerprint density at radius 3 is 2.34 bits per heavy atom. The highest BCUT2D eigenvalue weighted by atomic mass is 35.5. The van der Waals surface area contributed by atoms with Crippen LogP contribution in [0.5, 0.6) is 5.75 Å². The zero-order valence-corrected chi connectivity index (χ0v) is 22.4. The van der Waals surface area contributed by atoms with Crippen LogP contribution in [0.25, 0.3) is 0 Å². The summed E-state index contributed by atoms with van der Waals surface area (Å²) in [4.78, 5) is -0.0917. The Morgan fingerprint density at radius 1 is 0.971 bits per heavy atom. The molecule has 1 aliphatic heterocycles. The van der Waals surface area contributed by atoms with Crippen molar-refractivity contribution in [3.8, 4) is 5.75 Å². The van der Waals surface area contributed by atoms with Crippen molar-refractivity contribution in [3.05, 3.63) is 86.3 Å². The minimum Gasteiger partial charge on any atom is -0.494 e. The van der Waals surface area contributed by atoms with Crippen LogP contribution < -0.4 is 14.5 Å². The van der Waals surface area contributed by atoms with Crippen LogP contribution in [0.2, 0.25) is 20.1 Å². The summed E-state index contributed by atoms with van der Waals surface area (Å²) in [5.41, 5.74) is 2.25. The average Bonchev–Trinajstić information content (AvgIpc) is 3.24. The van der Waals surface area contributed by atoms with Gasteiger partial charge in [-0.2, -0.15) is 5.10 Å². The fraction of sp³-hybridized carbons (Fsp3) is 0.208. The van der Waals surface area contributed by atoms with E-state index in [9.17, 15) is 8.42 Å². The highest BCUT2D eigenvalue weighted by molar-refractivity contribution is 7.89. The van der Waals surface area contributed by atoms with Crippen molar-refractivity contribution in [2.75, 3.05) is 18.2 Å². The van der Waals surface area contributed by atoms with E-state index in [1.54, 1.807) is 23.2 Å². The van der Waals surface area contributed by atoms with Crippen molar-refractivity contribution >= 4 is 67.8 Å². The number of sulfonamides is 1. The van der Waals surface area contributed by atoms with Crippen molar-refractivity contribution < 1.29 is 13.2 Å². The molecule has 3 aromatic rings. The van der Waals surface area contributed by atoms with Crippen molar-refractivity contribution in [2.45, 2.75) is 24.3 Å². The maximum absolute atomic E-state index is 12.9. The molecule has 1 aliphatic rings.